The summed E-state index contributed by atoms with van der Waals surface area (Å²) in [4.78, 5) is 12.0. The van der Waals surface area contributed by atoms with Crippen molar-refractivity contribution in [1.82, 2.24) is 9.78 Å². The molecule has 1 aromatic heterocycles. The smallest absolute Gasteiger partial charge is 0.447 e. The molecular weight excluding hydrogens is 429 g/mol. The second kappa shape index (κ2) is 9.50. The van der Waals surface area contributed by atoms with Gasteiger partial charge in [-0.15, -0.1) is 0 Å². The highest BCUT2D eigenvalue weighted by Gasteiger charge is 2.61. The third kappa shape index (κ3) is 5.24. The van der Waals surface area contributed by atoms with Crippen LogP contribution >= 0.6 is 0 Å². The molecule has 1 aliphatic heterocycles. The van der Waals surface area contributed by atoms with Crippen LogP contribution in [-0.2, 0) is 32.2 Å². The summed E-state index contributed by atoms with van der Waals surface area (Å²) in [6.07, 6.45) is 2.71. The number of hydrogen-bond donors (Lipinski definition) is 0. The Bertz CT molecular complexity index is 901. The number of rotatable bonds is 8. The predicted molar refractivity (Wildman–Crippen MR) is 106 cm³/mol. The Hall–Kier alpha value is -2.59. The number of nitrogens with zero attached hydrogens (tertiary/aromatic N) is 2. The Morgan fingerprint density at radius 1 is 1.12 bits per heavy atom. The Morgan fingerprint density at radius 3 is 2.47 bits per heavy atom. The minimum atomic E-state index is -4.69. The lowest BCUT2D eigenvalue weighted by Crippen LogP contribution is -2.51. The molecule has 4 rings (SSSR count). The van der Waals surface area contributed by atoms with E-state index in [9.17, 15) is 18.0 Å². The molecule has 2 heterocycles. The molecule has 32 heavy (non-hydrogen) atoms. The van der Waals surface area contributed by atoms with E-state index in [1.807, 2.05) is 0 Å². The van der Waals surface area contributed by atoms with Crippen molar-refractivity contribution < 1.29 is 36.9 Å². The zero-order chi connectivity index (χ0) is 22.6. The van der Waals surface area contributed by atoms with Gasteiger partial charge in [-0.1, -0.05) is 25.0 Å². The van der Waals surface area contributed by atoms with Crippen LogP contribution in [0.25, 0.3) is 0 Å². The lowest BCUT2D eigenvalue weighted by atomic mass is 10.1. The summed E-state index contributed by atoms with van der Waals surface area (Å²) in [5, 5.41) is 4.27. The van der Waals surface area contributed by atoms with Gasteiger partial charge in [-0.05, 0) is 30.5 Å². The van der Waals surface area contributed by atoms with Crippen LogP contribution in [0.3, 0.4) is 0 Å². The Labute approximate surface area is 183 Å². The molecule has 1 saturated heterocycles. The standard InChI is InChI=1S/C22H25F3N2O5/c23-22(24,25)21(31-9-10-32-21)15-30-19-7-5-16(6-8-19)12-27-13-17(11-26-27)14-29-20(28)18-3-1-2-4-18/h5-8,11,13,18H,1-4,9-10,12,14-15H2. The average molecular weight is 454 g/mol. The highest BCUT2D eigenvalue weighted by Crippen LogP contribution is 2.38. The van der Waals surface area contributed by atoms with Crippen LogP contribution in [0.4, 0.5) is 13.2 Å². The molecular formula is C22H25F3N2O5. The monoisotopic (exact) mass is 454 g/mol. The molecule has 0 amide bonds. The SMILES string of the molecule is O=C(OCc1cnn(Cc2ccc(OCC3(C(F)(F)F)OCCO3)cc2)c1)C1CCCC1. The van der Waals surface area contributed by atoms with Crippen molar-refractivity contribution in [3.05, 3.63) is 47.8 Å². The van der Waals surface area contributed by atoms with Gasteiger partial charge < -0.3 is 18.9 Å². The van der Waals surface area contributed by atoms with Crippen LogP contribution in [0, 0.1) is 5.92 Å². The highest BCUT2D eigenvalue weighted by molar-refractivity contribution is 5.72. The van der Waals surface area contributed by atoms with Crippen molar-refractivity contribution in [1.29, 1.82) is 0 Å². The number of esters is 1. The quantitative estimate of drug-likeness (QED) is 0.565. The van der Waals surface area contributed by atoms with Gasteiger partial charge in [0, 0.05) is 11.8 Å². The van der Waals surface area contributed by atoms with Gasteiger partial charge >= 0.3 is 17.9 Å². The maximum atomic E-state index is 13.2. The zero-order valence-corrected chi connectivity index (χ0v) is 17.5. The zero-order valence-electron chi connectivity index (χ0n) is 17.5. The van der Waals surface area contributed by atoms with Crippen LogP contribution < -0.4 is 4.74 Å². The van der Waals surface area contributed by atoms with E-state index in [0.29, 0.717) is 6.54 Å². The second-order valence-corrected chi connectivity index (χ2v) is 8.02. The minimum Gasteiger partial charge on any atom is -0.488 e. The maximum absolute atomic E-state index is 13.2. The molecule has 1 aliphatic carbocycles. The van der Waals surface area contributed by atoms with Gasteiger partial charge in [0.1, 0.15) is 12.4 Å². The number of hydrogen-bond acceptors (Lipinski definition) is 6. The number of halogens is 3. The maximum Gasteiger partial charge on any atom is 0.447 e. The van der Waals surface area contributed by atoms with E-state index < -0.39 is 18.6 Å². The topological polar surface area (TPSA) is 71.8 Å². The number of carbonyl (C=O) groups is 1. The van der Waals surface area contributed by atoms with E-state index in [2.05, 4.69) is 5.10 Å². The molecule has 1 aromatic carbocycles. The van der Waals surface area contributed by atoms with Gasteiger partial charge in [-0.2, -0.15) is 18.3 Å². The molecule has 0 bridgehead atoms. The molecule has 0 unspecified atom stereocenters. The Balaban J connectivity index is 1.27. The number of benzene rings is 1. The number of ether oxygens (including phenoxy) is 4. The van der Waals surface area contributed by atoms with Crippen LogP contribution in [0.5, 0.6) is 5.75 Å². The number of alkyl halides is 3. The van der Waals surface area contributed by atoms with Gasteiger partial charge in [0.05, 0.1) is 31.9 Å². The van der Waals surface area contributed by atoms with Gasteiger partial charge in [0.2, 0.25) is 0 Å². The molecule has 2 aromatic rings. The van der Waals surface area contributed by atoms with E-state index in [0.717, 1.165) is 36.8 Å². The molecule has 2 aliphatic rings. The van der Waals surface area contributed by atoms with E-state index in [1.165, 1.54) is 0 Å². The molecule has 0 spiro atoms. The van der Waals surface area contributed by atoms with Gasteiger partial charge in [0.15, 0.2) is 6.61 Å². The third-order valence-electron chi connectivity index (χ3n) is 5.64. The summed E-state index contributed by atoms with van der Waals surface area (Å²) in [7, 11) is 0. The number of carbonyl (C=O) groups excluding carboxylic acids is 1. The van der Waals surface area contributed by atoms with E-state index >= 15 is 0 Å². The first kappa shape index (κ1) is 22.6. The normalized spacial score (nSPS) is 18.7. The molecule has 174 valence electrons. The first-order valence-electron chi connectivity index (χ1n) is 10.6. The second-order valence-electron chi connectivity index (χ2n) is 8.02. The molecule has 0 N–H and O–H groups in total. The van der Waals surface area contributed by atoms with E-state index in [4.69, 9.17) is 18.9 Å². The molecule has 7 nitrogen and oxygen atoms in total. The van der Waals surface area contributed by atoms with Crippen molar-refractivity contribution >= 4 is 5.97 Å². The van der Waals surface area contributed by atoms with Crippen molar-refractivity contribution in [2.45, 2.75) is 50.8 Å². The van der Waals surface area contributed by atoms with Crippen molar-refractivity contribution in [3.8, 4) is 5.75 Å². The predicted octanol–water partition coefficient (Wildman–Crippen LogP) is 3.85. The molecule has 0 atom stereocenters. The first-order valence-corrected chi connectivity index (χ1v) is 10.6. The summed E-state index contributed by atoms with van der Waals surface area (Å²) in [5.74, 6) is -2.58. The van der Waals surface area contributed by atoms with Crippen molar-refractivity contribution in [3.63, 3.8) is 0 Å². The lowest BCUT2D eigenvalue weighted by molar-refractivity contribution is -0.350. The molecule has 1 saturated carbocycles. The van der Waals surface area contributed by atoms with Gasteiger partial charge in [-0.25, -0.2) is 0 Å². The highest BCUT2D eigenvalue weighted by atomic mass is 19.4. The van der Waals surface area contributed by atoms with Crippen molar-refractivity contribution in [2.24, 2.45) is 5.92 Å². The first-order chi connectivity index (χ1) is 15.3. The third-order valence-corrected chi connectivity index (χ3v) is 5.64. The largest absolute Gasteiger partial charge is 0.488 e. The molecule has 10 heteroatoms. The fourth-order valence-corrected chi connectivity index (χ4v) is 3.84. The Kier molecular flexibility index (Phi) is 6.71. The fraction of sp³-hybridized carbons (Fsp3) is 0.545. The Morgan fingerprint density at radius 2 is 1.81 bits per heavy atom. The van der Waals surface area contributed by atoms with Crippen LogP contribution in [0.2, 0.25) is 0 Å². The van der Waals surface area contributed by atoms with Crippen LogP contribution in [0.15, 0.2) is 36.7 Å². The molecule has 2 fully saturated rings. The van der Waals surface area contributed by atoms with Gasteiger partial charge in [0.25, 0.3) is 0 Å². The van der Waals surface area contributed by atoms with E-state index in [-0.39, 0.29) is 37.5 Å². The summed E-state index contributed by atoms with van der Waals surface area (Å²) < 4.78 is 61.6. The van der Waals surface area contributed by atoms with Crippen molar-refractivity contribution in [2.75, 3.05) is 19.8 Å². The minimum absolute atomic E-state index is 0.0172. The fourth-order valence-electron chi connectivity index (χ4n) is 3.84. The lowest BCUT2D eigenvalue weighted by Gasteiger charge is -2.29. The van der Waals surface area contributed by atoms with Gasteiger partial charge in [-0.3, -0.25) is 9.48 Å². The summed E-state index contributed by atoms with van der Waals surface area (Å²) in [5.41, 5.74) is 1.68. The van der Waals surface area contributed by atoms with E-state index in [1.54, 1.807) is 41.3 Å². The summed E-state index contributed by atoms with van der Waals surface area (Å²) in [6.45, 7) is -0.401. The summed E-state index contributed by atoms with van der Waals surface area (Å²) in [6, 6.07) is 6.66. The number of aromatic nitrogens is 2. The van der Waals surface area contributed by atoms with Crippen LogP contribution in [-0.4, -0.2) is 47.5 Å². The van der Waals surface area contributed by atoms with Crippen LogP contribution in [0.1, 0.15) is 36.8 Å². The average Bonchev–Trinajstić information content (AvgIpc) is 3.53. The molecule has 0 radical (unpaired) electrons. The summed E-state index contributed by atoms with van der Waals surface area (Å²) >= 11 is 0.